The number of rotatable bonds is 5. The molecule has 2 aromatic rings. The molecule has 1 aromatic heterocycles. The molecule has 0 spiro atoms. The number of aromatic nitrogens is 1. The van der Waals surface area contributed by atoms with Crippen molar-refractivity contribution in [2.24, 2.45) is 0 Å². The largest absolute Gasteiger partial charge is 0.380 e. The van der Waals surface area contributed by atoms with Gasteiger partial charge in [-0.05, 0) is 43.2 Å². The Hall–Kier alpha value is -2.47. The van der Waals surface area contributed by atoms with Crippen molar-refractivity contribution >= 4 is 17.3 Å². The third kappa shape index (κ3) is 4.04. The van der Waals surface area contributed by atoms with Crippen molar-refractivity contribution in [3.8, 4) is 0 Å². The molecule has 1 aliphatic heterocycles. The molecule has 1 amide bonds. The van der Waals surface area contributed by atoms with Gasteiger partial charge in [-0.25, -0.2) is 4.39 Å². The molecule has 23 heavy (non-hydrogen) atoms. The van der Waals surface area contributed by atoms with Gasteiger partial charge in [0.15, 0.2) is 0 Å². The number of benzene rings is 1. The fourth-order valence-corrected chi connectivity index (χ4v) is 2.47. The number of amides is 1. The maximum atomic E-state index is 14.1. The highest BCUT2D eigenvalue weighted by atomic mass is 19.1. The third-order valence-electron chi connectivity index (χ3n) is 3.71. The zero-order valence-corrected chi connectivity index (χ0v) is 12.6. The van der Waals surface area contributed by atoms with Crippen LogP contribution in [-0.4, -0.2) is 30.1 Å². The Morgan fingerprint density at radius 2 is 2.13 bits per heavy atom. The number of carbonyl (C=O) groups excluding carboxylic acids is 1. The Balaban J connectivity index is 1.61. The minimum Gasteiger partial charge on any atom is -0.380 e. The summed E-state index contributed by atoms with van der Waals surface area (Å²) in [6.07, 6.45) is 5.26. The Bertz CT molecular complexity index is 673. The van der Waals surface area contributed by atoms with Crippen molar-refractivity contribution in [2.75, 3.05) is 23.8 Å². The van der Waals surface area contributed by atoms with Crippen molar-refractivity contribution in [1.29, 1.82) is 0 Å². The van der Waals surface area contributed by atoms with Crippen molar-refractivity contribution in [1.82, 2.24) is 4.98 Å². The van der Waals surface area contributed by atoms with Crippen LogP contribution in [0.15, 0.2) is 42.7 Å². The molecule has 1 atom stereocenters. The lowest BCUT2D eigenvalue weighted by Crippen LogP contribution is -2.19. The first kappa shape index (κ1) is 15.4. The molecule has 3 rings (SSSR count). The number of hydrogen-bond donors (Lipinski definition) is 2. The lowest BCUT2D eigenvalue weighted by Gasteiger charge is -2.13. The van der Waals surface area contributed by atoms with Crippen LogP contribution >= 0.6 is 0 Å². The van der Waals surface area contributed by atoms with Crippen LogP contribution in [0, 0.1) is 5.82 Å². The number of hydrogen-bond acceptors (Lipinski definition) is 4. The molecule has 2 heterocycles. The van der Waals surface area contributed by atoms with E-state index < -0.39 is 5.82 Å². The van der Waals surface area contributed by atoms with Gasteiger partial charge in [0.1, 0.15) is 5.82 Å². The zero-order chi connectivity index (χ0) is 16.1. The summed E-state index contributed by atoms with van der Waals surface area (Å²) in [5.74, 6) is -0.706. The van der Waals surface area contributed by atoms with Gasteiger partial charge in [0.2, 0.25) is 0 Å². The summed E-state index contributed by atoms with van der Waals surface area (Å²) in [4.78, 5) is 15.9. The quantitative estimate of drug-likeness (QED) is 0.890. The summed E-state index contributed by atoms with van der Waals surface area (Å²) >= 11 is 0. The second-order valence-corrected chi connectivity index (χ2v) is 5.40. The Labute approximate surface area is 133 Å². The molecule has 1 fully saturated rings. The van der Waals surface area contributed by atoms with E-state index in [0.717, 1.165) is 19.4 Å². The highest BCUT2D eigenvalue weighted by Gasteiger charge is 2.16. The van der Waals surface area contributed by atoms with Crippen LogP contribution in [0.3, 0.4) is 0 Å². The molecule has 0 unspecified atom stereocenters. The highest BCUT2D eigenvalue weighted by Crippen LogP contribution is 2.21. The fourth-order valence-electron chi connectivity index (χ4n) is 2.47. The lowest BCUT2D eigenvalue weighted by molar-refractivity contribution is 0.102. The maximum absolute atomic E-state index is 14.1. The SMILES string of the molecule is O=C(Nc1ccc(NC[C@H]2CCCO2)c(F)c1)c1ccncc1. The maximum Gasteiger partial charge on any atom is 0.255 e. The van der Waals surface area contributed by atoms with Crippen LogP contribution in [0.4, 0.5) is 15.8 Å². The predicted molar refractivity (Wildman–Crippen MR) is 86.1 cm³/mol. The number of anilines is 2. The summed E-state index contributed by atoms with van der Waals surface area (Å²) in [6.45, 7) is 1.36. The van der Waals surface area contributed by atoms with Gasteiger partial charge in [0.25, 0.3) is 5.91 Å². The molecular formula is C17H18FN3O2. The summed E-state index contributed by atoms with van der Waals surface area (Å²) in [7, 11) is 0. The van der Waals surface area contributed by atoms with Crippen LogP contribution in [0.25, 0.3) is 0 Å². The second-order valence-electron chi connectivity index (χ2n) is 5.40. The molecule has 5 nitrogen and oxygen atoms in total. The summed E-state index contributed by atoms with van der Waals surface area (Å²) < 4.78 is 19.6. The first-order chi connectivity index (χ1) is 11.2. The van der Waals surface area contributed by atoms with Crippen molar-refractivity contribution < 1.29 is 13.9 Å². The van der Waals surface area contributed by atoms with Gasteiger partial charge in [-0.15, -0.1) is 0 Å². The fraction of sp³-hybridized carbons (Fsp3) is 0.294. The van der Waals surface area contributed by atoms with Crippen molar-refractivity contribution in [3.05, 3.63) is 54.1 Å². The Kier molecular flexibility index (Phi) is 4.83. The van der Waals surface area contributed by atoms with Crippen molar-refractivity contribution in [2.45, 2.75) is 18.9 Å². The van der Waals surface area contributed by atoms with Crippen molar-refractivity contribution in [3.63, 3.8) is 0 Å². The molecule has 1 aromatic carbocycles. The average molecular weight is 315 g/mol. The molecule has 120 valence electrons. The Morgan fingerprint density at radius 1 is 1.30 bits per heavy atom. The van der Waals surface area contributed by atoms with E-state index in [4.69, 9.17) is 4.74 Å². The average Bonchev–Trinajstić information content (AvgIpc) is 3.08. The smallest absolute Gasteiger partial charge is 0.255 e. The minimum absolute atomic E-state index is 0.139. The molecule has 2 N–H and O–H groups in total. The van der Waals surface area contributed by atoms with Crippen LogP contribution in [0.1, 0.15) is 23.2 Å². The number of halogens is 1. The predicted octanol–water partition coefficient (Wildman–Crippen LogP) is 3.06. The topological polar surface area (TPSA) is 63.2 Å². The standard InChI is InChI=1S/C17H18FN3O2/c18-15-10-13(21-17(22)12-5-7-19-8-6-12)3-4-16(15)20-11-14-2-1-9-23-14/h3-8,10,14,20H,1-2,9,11H2,(H,21,22)/t14-/m1/s1. The Morgan fingerprint density at radius 3 is 2.83 bits per heavy atom. The first-order valence-electron chi connectivity index (χ1n) is 7.59. The molecule has 0 aliphatic carbocycles. The van der Waals surface area contributed by atoms with E-state index >= 15 is 0 Å². The zero-order valence-electron chi connectivity index (χ0n) is 12.6. The minimum atomic E-state index is -0.407. The van der Waals surface area contributed by atoms with E-state index in [1.807, 2.05) is 0 Å². The number of pyridine rings is 1. The summed E-state index contributed by atoms with van der Waals surface area (Å²) in [5.41, 5.74) is 1.29. The second kappa shape index (κ2) is 7.19. The summed E-state index contributed by atoms with van der Waals surface area (Å²) in [5, 5.41) is 5.71. The van der Waals surface area contributed by atoms with E-state index in [9.17, 15) is 9.18 Å². The lowest BCUT2D eigenvalue weighted by atomic mass is 10.2. The number of ether oxygens (including phenoxy) is 1. The molecular weight excluding hydrogens is 297 g/mol. The van der Waals surface area contributed by atoms with Crippen LogP contribution < -0.4 is 10.6 Å². The molecule has 0 radical (unpaired) electrons. The molecule has 1 aliphatic rings. The summed E-state index contributed by atoms with van der Waals surface area (Å²) in [6, 6.07) is 7.79. The van der Waals surface area contributed by atoms with Gasteiger partial charge in [0.05, 0.1) is 11.8 Å². The molecule has 1 saturated heterocycles. The normalized spacial score (nSPS) is 17.0. The van der Waals surface area contributed by atoms with Gasteiger partial charge in [-0.3, -0.25) is 9.78 Å². The van der Waals surface area contributed by atoms with Crippen LogP contribution in [0.2, 0.25) is 0 Å². The van der Waals surface area contributed by atoms with Gasteiger partial charge >= 0.3 is 0 Å². The van der Waals surface area contributed by atoms with E-state index in [1.54, 1.807) is 24.3 Å². The van der Waals surface area contributed by atoms with Gasteiger partial charge in [-0.2, -0.15) is 0 Å². The monoisotopic (exact) mass is 315 g/mol. The van der Waals surface area contributed by atoms with E-state index in [2.05, 4.69) is 15.6 Å². The number of nitrogens with zero attached hydrogens (tertiary/aromatic N) is 1. The van der Waals surface area contributed by atoms with E-state index in [0.29, 0.717) is 23.5 Å². The molecule has 6 heteroatoms. The number of carbonyl (C=O) groups is 1. The molecule has 0 bridgehead atoms. The van der Waals surface area contributed by atoms with Gasteiger partial charge in [0, 0.05) is 36.8 Å². The van der Waals surface area contributed by atoms with E-state index in [1.165, 1.54) is 18.5 Å². The number of nitrogens with one attached hydrogen (secondary N) is 2. The van der Waals surface area contributed by atoms with Gasteiger partial charge in [-0.1, -0.05) is 0 Å². The third-order valence-corrected chi connectivity index (χ3v) is 3.71. The van der Waals surface area contributed by atoms with Crippen LogP contribution in [-0.2, 0) is 4.74 Å². The first-order valence-corrected chi connectivity index (χ1v) is 7.59. The van der Waals surface area contributed by atoms with Crippen LogP contribution in [0.5, 0.6) is 0 Å². The molecule has 0 saturated carbocycles. The van der Waals surface area contributed by atoms with E-state index in [-0.39, 0.29) is 12.0 Å². The van der Waals surface area contributed by atoms with Gasteiger partial charge < -0.3 is 15.4 Å². The highest BCUT2D eigenvalue weighted by molar-refractivity contribution is 6.04.